The summed E-state index contributed by atoms with van der Waals surface area (Å²) in [5, 5.41) is 13.7. The van der Waals surface area contributed by atoms with Crippen molar-refractivity contribution in [2.75, 3.05) is 0 Å². The second kappa shape index (κ2) is 5.49. The molecule has 5 nitrogen and oxygen atoms in total. The van der Waals surface area contributed by atoms with Gasteiger partial charge in [0.15, 0.2) is 5.82 Å². The predicted molar refractivity (Wildman–Crippen MR) is 73.4 cm³/mol. The highest BCUT2D eigenvalue weighted by molar-refractivity contribution is 6.31. The van der Waals surface area contributed by atoms with E-state index < -0.39 is 5.82 Å². The molecule has 0 fully saturated rings. The Morgan fingerprint density at radius 1 is 1.29 bits per heavy atom. The lowest BCUT2D eigenvalue weighted by atomic mass is 10.1. The number of nitrogens with zero attached hydrogens (tertiary/aromatic N) is 3. The average Bonchev–Trinajstić information content (AvgIpc) is 2.92. The summed E-state index contributed by atoms with van der Waals surface area (Å²) in [7, 11) is 0. The van der Waals surface area contributed by atoms with Gasteiger partial charge >= 0.3 is 0 Å². The Hall–Kier alpha value is -2.47. The molecule has 0 unspecified atom stereocenters. The lowest BCUT2D eigenvalue weighted by Gasteiger charge is -2.01. The first-order valence-corrected chi connectivity index (χ1v) is 6.42. The van der Waals surface area contributed by atoms with Gasteiger partial charge in [-0.3, -0.25) is 4.98 Å². The third kappa shape index (κ3) is 2.71. The van der Waals surface area contributed by atoms with Gasteiger partial charge in [0, 0.05) is 23.2 Å². The van der Waals surface area contributed by atoms with Crippen molar-refractivity contribution in [3.63, 3.8) is 0 Å². The number of benzene rings is 1. The van der Waals surface area contributed by atoms with Gasteiger partial charge in [-0.05, 0) is 18.2 Å². The molecule has 0 spiro atoms. The zero-order chi connectivity index (χ0) is 14.8. The summed E-state index contributed by atoms with van der Waals surface area (Å²) in [6.07, 6.45) is 2.86. The lowest BCUT2D eigenvalue weighted by Crippen LogP contribution is -1.96. The molecule has 3 aromatic rings. The minimum atomic E-state index is -0.430. The quantitative estimate of drug-likeness (QED) is 0.804. The molecule has 7 heteroatoms. The van der Waals surface area contributed by atoms with Crippen molar-refractivity contribution < 1.29 is 14.0 Å². The molecule has 0 aliphatic rings. The van der Waals surface area contributed by atoms with Gasteiger partial charge in [0.05, 0.1) is 11.8 Å². The summed E-state index contributed by atoms with van der Waals surface area (Å²) in [6, 6.07) is 5.98. The van der Waals surface area contributed by atoms with Gasteiger partial charge in [0.25, 0.3) is 5.89 Å². The van der Waals surface area contributed by atoms with Crippen LogP contribution in [0.1, 0.15) is 11.4 Å². The normalized spacial score (nSPS) is 10.8. The topological polar surface area (TPSA) is 72.0 Å². The number of aromatic nitrogens is 3. The molecule has 2 heterocycles. The fourth-order valence-corrected chi connectivity index (χ4v) is 2.09. The van der Waals surface area contributed by atoms with E-state index in [0.29, 0.717) is 16.1 Å². The Morgan fingerprint density at radius 2 is 2.14 bits per heavy atom. The molecule has 106 valence electrons. The number of aromatic hydroxyl groups is 1. The minimum Gasteiger partial charge on any atom is -0.505 e. The highest BCUT2D eigenvalue weighted by Crippen LogP contribution is 2.27. The maximum atomic E-state index is 13.7. The molecule has 3 rings (SSSR count). The third-order valence-corrected chi connectivity index (χ3v) is 3.25. The van der Waals surface area contributed by atoms with Crippen LogP contribution in [0.5, 0.6) is 5.75 Å². The Kier molecular flexibility index (Phi) is 3.53. The number of hydrogen-bond acceptors (Lipinski definition) is 5. The molecular weight excluding hydrogens is 297 g/mol. The molecule has 0 amide bonds. The molecule has 0 radical (unpaired) electrons. The summed E-state index contributed by atoms with van der Waals surface area (Å²) in [5.74, 6) is -0.0946. The van der Waals surface area contributed by atoms with E-state index in [0.717, 1.165) is 0 Å². The number of halogens is 2. The first kappa shape index (κ1) is 13.5. The van der Waals surface area contributed by atoms with Gasteiger partial charge in [-0.1, -0.05) is 22.8 Å². The highest BCUT2D eigenvalue weighted by atomic mass is 35.5. The van der Waals surface area contributed by atoms with Gasteiger partial charge < -0.3 is 9.63 Å². The molecule has 0 atom stereocenters. The van der Waals surface area contributed by atoms with Crippen molar-refractivity contribution in [3.8, 4) is 17.2 Å². The predicted octanol–water partition coefficient (Wildman–Crippen LogP) is 3.22. The maximum absolute atomic E-state index is 13.7. The fraction of sp³-hybridized carbons (Fsp3) is 0.0714. The minimum absolute atomic E-state index is 0.0726. The van der Waals surface area contributed by atoms with Gasteiger partial charge in [-0.2, -0.15) is 4.98 Å². The maximum Gasteiger partial charge on any atom is 0.261 e. The molecule has 0 saturated carbocycles. The standard InChI is InChI=1S/C14H9ClFN3O2/c15-10-2-1-3-11(16)9(10)6-13-18-14(21-19-13)8-4-5-17-7-12(8)20/h1-5,7,20H,6H2. The van der Waals surface area contributed by atoms with Crippen molar-refractivity contribution in [1.82, 2.24) is 15.1 Å². The second-order valence-corrected chi connectivity index (χ2v) is 4.69. The van der Waals surface area contributed by atoms with Gasteiger partial charge in [0.2, 0.25) is 0 Å². The lowest BCUT2D eigenvalue weighted by molar-refractivity contribution is 0.418. The van der Waals surface area contributed by atoms with Crippen molar-refractivity contribution >= 4 is 11.6 Å². The Morgan fingerprint density at radius 3 is 2.90 bits per heavy atom. The monoisotopic (exact) mass is 305 g/mol. The second-order valence-electron chi connectivity index (χ2n) is 4.29. The number of hydrogen-bond donors (Lipinski definition) is 1. The molecule has 0 bridgehead atoms. The Balaban J connectivity index is 1.91. The summed E-state index contributed by atoms with van der Waals surface area (Å²) >= 11 is 5.95. The van der Waals surface area contributed by atoms with Crippen LogP contribution in [0.3, 0.4) is 0 Å². The van der Waals surface area contributed by atoms with Crippen molar-refractivity contribution in [3.05, 3.63) is 58.9 Å². The van der Waals surface area contributed by atoms with Crippen LogP contribution < -0.4 is 0 Å². The first-order chi connectivity index (χ1) is 10.1. The van der Waals surface area contributed by atoms with E-state index in [-0.39, 0.29) is 23.9 Å². The SMILES string of the molecule is Oc1cnccc1-c1nc(Cc2c(F)cccc2Cl)no1. The molecule has 2 aromatic heterocycles. The van der Waals surface area contributed by atoms with Crippen LogP contribution >= 0.6 is 11.6 Å². The van der Waals surface area contributed by atoms with Crippen LogP contribution in [-0.4, -0.2) is 20.2 Å². The van der Waals surface area contributed by atoms with E-state index in [1.165, 1.54) is 24.5 Å². The number of rotatable bonds is 3. The summed E-state index contributed by atoms with van der Waals surface area (Å²) in [6.45, 7) is 0. The van der Waals surface area contributed by atoms with Crippen molar-refractivity contribution in [1.29, 1.82) is 0 Å². The van der Waals surface area contributed by atoms with E-state index in [9.17, 15) is 9.50 Å². The summed E-state index contributed by atoms with van der Waals surface area (Å²) < 4.78 is 18.8. The molecule has 1 N–H and O–H groups in total. The molecule has 0 aliphatic heterocycles. The zero-order valence-corrected chi connectivity index (χ0v) is 11.4. The van der Waals surface area contributed by atoms with Crippen LogP contribution in [-0.2, 0) is 6.42 Å². The van der Waals surface area contributed by atoms with Crippen LogP contribution in [0.15, 0.2) is 41.2 Å². The number of pyridine rings is 1. The van der Waals surface area contributed by atoms with Gasteiger partial charge in [-0.15, -0.1) is 0 Å². The molecule has 0 aliphatic carbocycles. The molecule has 21 heavy (non-hydrogen) atoms. The van der Waals surface area contributed by atoms with E-state index in [1.807, 2.05) is 0 Å². The summed E-state index contributed by atoms with van der Waals surface area (Å²) in [4.78, 5) is 7.89. The van der Waals surface area contributed by atoms with Gasteiger partial charge in [0.1, 0.15) is 11.6 Å². The van der Waals surface area contributed by atoms with Crippen molar-refractivity contribution in [2.45, 2.75) is 6.42 Å². The molecule has 0 saturated heterocycles. The Bertz CT molecular complexity index is 771. The average molecular weight is 306 g/mol. The fourth-order valence-electron chi connectivity index (χ4n) is 1.86. The van der Waals surface area contributed by atoms with Gasteiger partial charge in [-0.25, -0.2) is 4.39 Å². The highest BCUT2D eigenvalue weighted by Gasteiger charge is 2.15. The van der Waals surface area contributed by atoms with E-state index >= 15 is 0 Å². The third-order valence-electron chi connectivity index (χ3n) is 2.90. The van der Waals surface area contributed by atoms with Crippen LogP contribution in [0.4, 0.5) is 4.39 Å². The zero-order valence-electron chi connectivity index (χ0n) is 10.6. The molecular formula is C14H9ClFN3O2. The van der Waals surface area contributed by atoms with E-state index in [1.54, 1.807) is 12.1 Å². The van der Waals surface area contributed by atoms with E-state index in [2.05, 4.69) is 15.1 Å². The van der Waals surface area contributed by atoms with Crippen LogP contribution in [0.25, 0.3) is 11.5 Å². The van der Waals surface area contributed by atoms with Crippen LogP contribution in [0, 0.1) is 5.82 Å². The largest absolute Gasteiger partial charge is 0.505 e. The van der Waals surface area contributed by atoms with Crippen LogP contribution in [0.2, 0.25) is 5.02 Å². The van der Waals surface area contributed by atoms with E-state index in [4.69, 9.17) is 16.1 Å². The van der Waals surface area contributed by atoms with Crippen molar-refractivity contribution in [2.24, 2.45) is 0 Å². The summed E-state index contributed by atoms with van der Waals surface area (Å²) in [5.41, 5.74) is 0.661. The molecule has 1 aromatic carbocycles. The first-order valence-electron chi connectivity index (χ1n) is 6.04. The smallest absolute Gasteiger partial charge is 0.261 e. The Labute approximate surface area is 124 Å².